The molecule has 1 aromatic carbocycles. The first-order chi connectivity index (χ1) is 13.9. The number of carbonyl (C=O) groups excluding carboxylic acids is 1. The van der Waals surface area contributed by atoms with Gasteiger partial charge in [0.25, 0.3) is 5.91 Å². The molecule has 0 fully saturated rings. The number of benzene rings is 1. The van der Waals surface area contributed by atoms with E-state index >= 15 is 0 Å². The molecule has 0 radical (unpaired) electrons. The van der Waals surface area contributed by atoms with Crippen LogP contribution in [-0.2, 0) is 7.05 Å². The zero-order chi connectivity index (χ0) is 20.5. The summed E-state index contributed by atoms with van der Waals surface area (Å²) in [7, 11) is 1.60. The van der Waals surface area contributed by atoms with E-state index in [0.29, 0.717) is 5.65 Å². The molecule has 3 heterocycles. The third-order valence-electron chi connectivity index (χ3n) is 4.04. The molecule has 2 N–H and O–H groups in total. The Bertz CT molecular complexity index is 1200. The van der Waals surface area contributed by atoms with Crippen molar-refractivity contribution in [3.63, 3.8) is 0 Å². The molecule has 1 amide bonds. The molecule has 0 aliphatic heterocycles. The first kappa shape index (κ1) is 18.3. The summed E-state index contributed by atoms with van der Waals surface area (Å²) < 4.78 is 32.9. The number of aromatic hydroxyl groups is 1. The van der Waals surface area contributed by atoms with Gasteiger partial charge in [-0.15, -0.1) is 0 Å². The number of fused-ring (bicyclic) bond motifs is 1. The summed E-state index contributed by atoms with van der Waals surface area (Å²) >= 11 is 0. The van der Waals surface area contributed by atoms with Gasteiger partial charge in [-0.05, 0) is 24.3 Å². The summed E-state index contributed by atoms with van der Waals surface area (Å²) in [4.78, 5) is 16.9. The Morgan fingerprint density at radius 3 is 2.97 bits per heavy atom. The monoisotopic (exact) mass is 400 g/mol. The van der Waals surface area contributed by atoms with Gasteiger partial charge in [-0.1, -0.05) is 0 Å². The third-order valence-corrected chi connectivity index (χ3v) is 4.04. The number of hydrogen-bond donors (Lipinski definition) is 2. The molecule has 0 aliphatic carbocycles. The van der Waals surface area contributed by atoms with Gasteiger partial charge in [0.15, 0.2) is 5.65 Å². The Labute approximate surface area is 162 Å². The molecule has 9 nitrogen and oxygen atoms in total. The van der Waals surface area contributed by atoms with Crippen LogP contribution in [0.2, 0.25) is 0 Å². The van der Waals surface area contributed by atoms with Crippen LogP contribution in [0, 0.1) is 0 Å². The van der Waals surface area contributed by atoms with Gasteiger partial charge < -0.3 is 15.2 Å². The number of aryl methyl sites for hydroxylation is 1. The van der Waals surface area contributed by atoms with Crippen molar-refractivity contribution in [3.8, 4) is 22.8 Å². The van der Waals surface area contributed by atoms with Crippen LogP contribution in [0.15, 0.2) is 49.1 Å². The van der Waals surface area contributed by atoms with Crippen LogP contribution in [0.5, 0.6) is 11.5 Å². The Hall–Kier alpha value is -4.02. The van der Waals surface area contributed by atoms with Crippen molar-refractivity contribution in [2.75, 3.05) is 5.32 Å². The number of alkyl halides is 2. The van der Waals surface area contributed by atoms with E-state index in [4.69, 9.17) is 0 Å². The predicted octanol–water partition coefficient (Wildman–Crippen LogP) is 2.69. The Kier molecular flexibility index (Phi) is 4.55. The van der Waals surface area contributed by atoms with E-state index < -0.39 is 12.5 Å². The van der Waals surface area contributed by atoms with Gasteiger partial charge >= 0.3 is 6.61 Å². The van der Waals surface area contributed by atoms with E-state index in [-0.39, 0.29) is 34.0 Å². The summed E-state index contributed by atoms with van der Waals surface area (Å²) in [5, 5.41) is 20.8. The standard InChI is InChI=1S/C18H14F2N6O3/c1-25-9-13(23-17(28)12-8-22-26-6-2-5-21-16(12)26)15(24-25)11-7-10(27)3-4-14(11)29-18(19)20/h2-9,18,27H,1H3,(H,23,28). The molecule has 0 atom stereocenters. The molecule has 148 valence electrons. The molecule has 0 saturated heterocycles. The second-order valence-electron chi connectivity index (χ2n) is 6.02. The fraction of sp³-hybridized carbons (Fsp3) is 0.111. The first-order valence-electron chi connectivity index (χ1n) is 8.34. The number of phenolic OH excluding ortho intramolecular Hbond substituents is 1. The van der Waals surface area contributed by atoms with Crippen LogP contribution in [0.1, 0.15) is 10.4 Å². The van der Waals surface area contributed by atoms with Gasteiger partial charge in [-0.2, -0.15) is 19.0 Å². The summed E-state index contributed by atoms with van der Waals surface area (Å²) in [6.07, 6.45) is 6.05. The van der Waals surface area contributed by atoms with Gasteiger partial charge in [-0.3, -0.25) is 9.48 Å². The number of nitrogens with zero attached hydrogens (tertiary/aromatic N) is 5. The van der Waals surface area contributed by atoms with Crippen LogP contribution in [0.4, 0.5) is 14.5 Å². The number of ether oxygens (including phenoxy) is 1. The summed E-state index contributed by atoms with van der Waals surface area (Å²) in [6, 6.07) is 5.32. The third kappa shape index (κ3) is 3.57. The van der Waals surface area contributed by atoms with Gasteiger partial charge in [0.2, 0.25) is 0 Å². The minimum Gasteiger partial charge on any atom is -0.508 e. The lowest BCUT2D eigenvalue weighted by Gasteiger charge is -2.11. The van der Waals surface area contributed by atoms with Crippen LogP contribution < -0.4 is 10.1 Å². The second-order valence-corrected chi connectivity index (χ2v) is 6.02. The van der Waals surface area contributed by atoms with Gasteiger partial charge in [0, 0.05) is 25.6 Å². The van der Waals surface area contributed by atoms with E-state index in [0.717, 1.165) is 0 Å². The first-order valence-corrected chi connectivity index (χ1v) is 8.34. The molecule has 0 spiro atoms. The molecular formula is C18H14F2N6O3. The lowest BCUT2D eigenvalue weighted by Crippen LogP contribution is -2.12. The van der Waals surface area contributed by atoms with E-state index in [1.807, 2.05) is 0 Å². The van der Waals surface area contributed by atoms with Crippen LogP contribution in [0.3, 0.4) is 0 Å². The number of halogens is 2. The van der Waals surface area contributed by atoms with Crippen LogP contribution >= 0.6 is 0 Å². The molecule has 0 aliphatic rings. The van der Waals surface area contributed by atoms with Crippen molar-refractivity contribution in [2.24, 2.45) is 7.05 Å². The number of rotatable bonds is 5. The van der Waals surface area contributed by atoms with E-state index in [9.17, 15) is 18.7 Å². The fourth-order valence-electron chi connectivity index (χ4n) is 2.86. The molecule has 0 saturated carbocycles. The molecular weight excluding hydrogens is 386 g/mol. The minimum absolute atomic E-state index is 0.0965. The average Bonchev–Trinajstić information content (AvgIpc) is 3.26. The molecule has 3 aromatic heterocycles. The smallest absolute Gasteiger partial charge is 0.387 e. The van der Waals surface area contributed by atoms with E-state index in [1.165, 1.54) is 46.0 Å². The Morgan fingerprint density at radius 2 is 2.17 bits per heavy atom. The van der Waals surface area contributed by atoms with Crippen molar-refractivity contribution in [1.82, 2.24) is 24.4 Å². The average molecular weight is 400 g/mol. The summed E-state index contributed by atoms with van der Waals surface area (Å²) in [6.45, 7) is -3.06. The van der Waals surface area contributed by atoms with Gasteiger partial charge in [-0.25, -0.2) is 9.50 Å². The number of nitrogens with one attached hydrogen (secondary N) is 1. The van der Waals surface area contributed by atoms with Gasteiger partial charge in [0.1, 0.15) is 22.8 Å². The van der Waals surface area contributed by atoms with Crippen molar-refractivity contribution < 1.29 is 23.4 Å². The highest BCUT2D eigenvalue weighted by molar-refractivity contribution is 6.09. The molecule has 0 unspecified atom stereocenters. The van der Waals surface area contributed by atoms with Gasteiger partial charge in [0.05, 0.1) is 17.4 Å². The largest absolute Gasteiger partial charge is 0.508 e. The lowest BCUT2D eigenvalue weighted by atomic mass is 10.1. The summed E-state index contributed by atoms with van der Waals surface area (Å²) in [5.74, 6) is -0.870. The minimum atomic E-state index is -3.06. The summed E-state index contributed by atoms with van der Waals surface area (Å²) in [5.41, 5.74) is 1.06. The number of amides is 1. The SMILES string of the molecule is Cn1cc(NC(=O)c2cnn3cccnc23)c(-c2cc(O)ccc2OC(F)F)n1. The molecule has 4 rings (SSSR count). The quantitative estimate of drug-likeness (QED) is 0.534. The van der Waals surface area contributed by atoms with Crippen LogP contribution in [-0.4, -0.2) is 42.0 Å². The molecule has 4 aromatic rings. The van der Waals surface area contributed by atoms with Crippen molar-refractivity contribution >= 4 is 17.2 Å². The number of anilines is 1. The second kappa shape index (κ2) is 7.19. The maximum absolute atomic E-state index is 12.8. The maximum atomic E-state index is 12.8. The topological polar surface area (TPSA) is 107 Å². The van der Waals surface area contributed by atoms with Crippen molar-refractivity contribution in [1.29, 1.82) is 0 Å². The maximum Gasteiger partial charge on any atom is 0.387 e. The molecule has 0 bridgehead atoms. The van der Waals surface area contributed by atoms with E-state index in [1.54, 1.807) is 19.3 Å². The number of carbonyl (C=O) groups is 1. The zero-order valence-electron chi connectivity index (χ0n) is 15.0. The fourth-order valence-corrected chi connectivity index (χ4v) is 2.86. The molecule has 11 heteroatoms. The van der Waals surface area contributed by atoms with Crippen LogP contribution in [0.25, 0.3) is 16.9 Å². The highest BCUT2D eigenvalue weighted by Crippen LogP contribution is 2.37. The lowest BCUT2D eigenvalue weighted by molar-refractivity contribution is -0.0495. The highest BCUT2D eigenvalue weighted by atomic mass is 19.3. The zero-order valence-corrected chi connectivity index (χ0v) is 15.0. The van der Waals surface area contributed by atoms with Crippen molar-refractivity contribution in [3.05, 3.63) is 54.6 Å². The number of aromatic nitrogens is 5. The predicted molar refractivity (Wildman–Crippen MR) is 97.9 cm³/mol. The normalized spacial score (nSPS) is 11.2. The number of phenols is 1. The van der Waals surface area contributed by atoms with Crippen molar-refractivity contribution in [2.45, 2.75) is 6.61 Å². The molecule has 29 heavy (non-hydrogen) atoms. The van der Waals surface area contributed by atoms with E-state index in [2.05, 4.69) is 25.2 Å². The number of hydrogen-bond acceptors (Lipinski definition) is 6. The Morgan fingerprint density at radius 1 is 1.34 bits per heavy atom. The highest BCUT2D eigenvalue weighted by Gasteiger charge is 2.21. The Balaban J connectivity index is 1.73.